The number of halogens is 1. The molecule has 2 unspecified atom stereocenters. The smallest absolute Gasteiger partial charge is 0.281 e. The fourth-order valence-electron chi connectivity index (χ4n) is 3.75. The third kappa shape index (κ3) is 4.09. The summed E-state index contributed by atoms with van der Waals surface area (Å²) in [5.41, 5.74) is 14.2. The number of aryl methyl sites for hydroxylation is 1. The van der Waals surface area contributed by atoms with Crippen LogP contribution in [0.2, 0.25) is 0 Å². The lowest BCUT2D eigenvalue weighted by Gasteiger charge is -2.35. The number of carbonyl (C=O) groups excluding carboxylic acids is 1. The fourth-order valence-corrected chi connectivity index (χ4v) is 3.75. The summed E-state index contributed by atoms with van der Waals surface area (Å²) in [6.45, 7) is 0. The average Bonchev–Trinajstić information content (AvgIpc) is 3.31. The van der Waals surface area contributed by atoms with Gasteiger partial charge in [0.2, 0.25) is 5.91 Å². The molecule has 1 aliphatic carbocycles. The van der Waals surface area contributed by atoms with E-state index in [1.807, 2.05) is 0 Å². The Balaban J connectivity index is 1.84. The Hall–Kier alpha value is -3.64. The lowest BCUT2D eigenvalue weighted by Crippen LogP contribution is -2.53. The van der Waals surface area contributed by atoms with Crippen LogP contribution in [0.15, 0.2) is 41.7 Å². The van der Waals surface area contributed by atoms with Gasteiger partial charge in [-0.3, -0.25) is 14.6 Å². The average molecular weight is 441 g/mol. The van der Waals surface area contributed by atoms with Crippen LogP contribution in [0.1, 0.15) is 36.0 Å². The van der Waals surface area contributed by atoms with Gasteiger partial charge >= 0.3 is 0 Å². The Morgan fingerprint density at radius 3 is 2.59 bits per heavy atom. The normalized spacial score (nSPS) is 18.5. The summed E-state index contributed by atoms with van der Waals surface area (Å²) >= 11 is 0. The standard InChI is InChI=1S/C20H24FN9O2/c1-28-11-15(17(21)18(20(28)32)30-25-8-9-26-30)29(27-14-5-3-2-4-13(14)22)16-7-6-12(10-24-16)19(23)31/h6-11,13-14,27H,2-5,22H2,1H3,(H2,23,31). The van der Waals surface area contributed by atoms with E-state index < -0.39 is 17.3 Å². The van der Waals surface area contributed by atoms with Crippen molar-refractivity contribution in [2.75, 3.05) is 5.01 Å². The molecular weight excluding hydrogens is 417 g/mol. The molecule has 32 heavy (non-hydrogen) atoms. The number of nitrogens with two attached hydrogens (primary N) is 2. The third-order valence-corrected chi connectivity index (χ3v) is 5.51. The number of hydrogen-bond acceptors (Lipinski definition) is 8. The van der Waals surface area contributed by atoms with Crippen LogP contribution in [0.5, 0.6) is 0 Å². The maximum Gasteiger partial charge on any atom is 0.281 e. The van der Waals surface area contributed by atoms with Crippen molar-refractivity contribution >= 4 is 17.4 Å². The molecule has 0 spiro atoms. The summed E-state index contributed by atoms with van der Waals surface area (Å²) in [5.74, 6) is -1.16. The van der Waals surface area contributed by atoms with Gasteiger partial charge in [-0.1, -0.05) is 12.8 Å². The molecular formula is C20H24FN9O2. The monoisotopic (exact) mass is 441 g/mol. The van der Waals surface area contributed by atoms with E-state index in [0.717, 1.165) is 30.5 Å². The van der Waals surface area contributed by atoms with Crippen molar-refractivity contribution in [2.45, 2.75) is 37.8 Å². The number of rotatable bonds is 6. The number of hydrogen-bond donors (Lipinski definition) is 3. The number of nitrogens with one attached hydrogen (secondary N) is 1. The summed E-state index contributed by atoms with van der Waals surface area (Å²) in [5, 5.41) is 9.25. The highest BCUT2D eigenvalue weighted by molar-refractivity contribution is 5.92. The van der Waals surface area contributed by atoms with E-state index in [1.165, 1.54) is 53.5 Å². The molecule has 168 valence electrons. The molecule has 5 N–H and O–H groups in total. The maximum absolute atomic E-state index is 15.7. The van der Waals surface area contributed by atoms with E-state index in [1.54, 1.807) is 0 Å². The number of aromatic nitrogens is 5. The zero-order chi connectivity index (χ0) is 22.8. The predicted molar refractivity (Wildman–Crippen MR) is 115 cm³/mol. The SMILES string of the molecule is Cn1cc(N(NC2CCCCC2N)c2ccc(C(N)=O)cn2)c(F)c(-n2nccn2)c1=O. The van der Waals surface area contributed by atoms with Crippen LogP contribution in [0.4, 0.5) is 15.9 Å². The van der Waals surface area contributed by atoms with Crippen molar-refractivity contribution in [1.29, 1.82) is 0 Å². The Morgan fingerprint density at radius 2 is 1.97 bits per heavy atom. The number of anilines is 2. The second-order valence-corrected chi connectivity index (χ2v) is 7.70. The summed E-state index contributed by atoms with van der Waals surface area (Å²) in [6.07, 6.45) is 8.99. The fraction of sp³-hybridized carbons (Fsp3) is 0.350. The molecule has 1 aliphatic rings. The molecule has 3 aromatic heterocycles. The van der Waals surface area contributed by atoms with Gasteiger partial charge in [0.1, 0.15) is 11.5 Å². The molecule has 0 radical (unpaired) electrons. The molecule has 0 saturated heterocycles. The highest BCUT2D eigenvalue weighted by Gasteiger charge is 2.29. The molecule has 1 fully saturated rings. The predicted octanol–water partition coefficient (Wildman–Crippen LogP) is 0.512. The second-order valence-electron chi connectivity index (χ2n) is 7.70. The summed E-state index contributed by atoms with van der Waals surface area (Å²) in [6, 6.07) is 2.75. The Morgan fingerprint density at radius 1 is 1.25 bits per heavy atom. The van der Waals surface area contributed by atoms with Crippen molar-refractivity contribution in [3.63, 3.8) is 0 Å². The first-order chi connectivity index (χ1) is 15.4. The van der Waals surface area contributed by atoms with Gasteiger partial charge in [-0.2, -0.15) is 10.2 Å². The number of carbonyl (C=O) groups is 1. The first-order valence-electron chi connectivity index (χ1n) is 10.2. The van der Waals surface area contributed by atoms with E-state index in [9.17, 15) is 9.59 Å². The van der Waals surface area contributed by atoms with Gasteiger partial charge in [0.15, 0.2) is 11.5 Å². The van der Waals surface area contributed by atoms with Crippen LogP contribution in [0.3, 0.4) is 0 Å². The minimum absolute atomic E-state index is 0.0245. The van der Waals surface area contributed by atoms with E-state index in [0.29, 0.717) is 5.82 Å². The van der Waals surface area contributed by atoms with Gasteiger partial charge in [0, 0.05) is 31.5 Å². The molecule has 0 bridgehead atoms. The van der Waals surface area contributed by atoms with Crippen LogP contribution in [-0.2, 0) is 7.05 Å². The molecule has 0 aliphatic heterocycles. The zero-order valence-corrected chi connectivity index (χ0v) is 17.5. The third-order valence-electron chi connectivity index (χ3n) is 5.51. The molecule has 3 heterocycles. The number of hydrazine groups is 1. The van der Waals surface area contributed by atoms with Gasteiger partial charge in [-0.05, 0) is 25.0 Å². The topological polar surface area (TPSA) is 150 Å². The summed E-state index contributed by atoms with van der Waals surface area (Å²) < 4.78 is 17.0. The van der Waals surface area contributed by atoms with Crippen molar-refractivity contribution in [3.8, 4) is 5.69 Å². The van der Waals surface area contributed by atoms with Crippen molar-refractivity contribution in [1.82, 2.24) is 30.0 Å². The van der Waals surface area contributed by atoms with Crippen molar-refractivity contribution in [2.24, 2.45) is 18.5 Å². The van der Waals surface area contributed by atoms with Gasteiger partial charge in [-0.25, -0.2) is 14.8 Å². The van der Waals surface area contributed by atoms with Crippen LogP contribution >= 0.6 is 0 Å². The van der Waals surface area contributed by atoms with E-state index in [2.05, 4.69) is 20.6 Å². The highest BCUT2D eigenvalue weighted by Crippen LogP contribution is 2.28. The largest absolute Gasteiger partial charge is 0.366 e. The van der Waals surface area contributed by atoms with Crippen LogP contribution < -0.4 is 27.5 Å². The Kier molecular flexibility index (Phi) is 5.97. The van der Waals surface area contributed by atoms with E-state index in [4.69, 9.17) is 11.5 Å². The van der Waals surface area contributed by atoms with Crippen LogP contribution in [-0.4, -0.2) is 42.5 Å². The summed E-state index contributed by atoms with van der Waals surface area (Å²) in [7, 11) is 1.51. The molecule has 0 aromatic carbocycles. The van der Waals surface area contributed by atoms with Gasteiger partial charge in [0.05, 0.1) is 18.0 Å². The Bertz CT molecular complexity index is 1160. The number of pyridine rings is 2. The summed E-state index contributed by atoms with van der Waals surface area (Å²) in [4.78, 5) is 29.3. The van der Waals surface area contributed by atoms with Crippen LogP contribution in [0, 0.1) is 5.82 Å². The maximum atomic E-state index is 15.7. The lowest BCUT2D eigenvalue weighted by atomic mass is 9.91. The molecule has 4 rings (SSSR count). The highest BCUT2D eigenvalue weighted by atomic mass is 19.1. The first-order valence-corrected chi connectivity index (χ1v) is 10.2. The van der Waals surface area contributed by atoms with Crippen molar-refractivity contribution in [3.05, 3.63) is 58.7 Å². The molecule has 12 heteroatoms. The van der Waals surface area contributed by atoms with Crippen LogP contribution in [0.25, 0.3) is 5.69 Å². The first kappa shape index (κ1) is 21.6. The molecule has 2 atom stereocenters. The quantitative estimate of drug-likeness (QED) is 0.468. The molecule has 1 amide bonds. The van der Waals surface area contributed by atoms with Gasteiger partial charge in [-0.15, -0.1) is 4.80 Å². The lowest BCUT2D eigenvalue weighted by molar-refractivity contribution is 0.1000. The Labute approximate surface area is 182 Å². The minimum atomic E-state index is -0.832. The molecule has 11 nitrogen and oxygen atoms in total. The number of nitrogens with zero attached hydrogens (tertiary/aromatic N) is 6. The van der Waals surface area contributed by atoms with Gasteiger partial charge in [0.25, 0.3) is 5.56 Å². The second kappa shape index (κ2) is 8.85. The molecule has 3 aromatic rings. The number of amides is 1. The minimum Gasteiger partial charge on any atom is -0.366 e. The number of primary amides is 1. The van der Waals surface area contributed by atoms with Gasteiger partial charge < -0.3 is 16.0 Å². The van der Waals surface area contributed by atoms with E-state index >= 15 is 4.39 Å². The molecule has 1 saturated carbocycles. The zero-order valence-electron chi connectivity index (χ0n) is 17.5. The van der Waals surface area contributed by atoms with Crippen molar-refractivity contribution < 1.29 is 9.18 Å². The van der Waals surface area contributed by atoms with E-state index in [-0.39, 0.29) is 29.0 Å².